The first-order chi connectivity index (χ1) is 8.59. The predicted molar refractivity (Wildman–Crippen MR) is 75.5 cm³/mol. The lowest BCUT2D eigenvalue weighted by Gasteiger charge is -2.19. The van der Waals surface area contributed by atoms with Gasteiger partial charge in [0.1, 0.15) is 0 Å². The van der Waals surface area contributed by atoms with Crippen LogP contribution in [0.3, 0.4) is 0 Å². The van der Waals surface area contributed by atoms with Crippen molar-refractivity contribution in [3.63, 3.8) is 0 Å². The van der Waals surface area contributed by atoms with Gasteiger partial charge in [-0.25, -0.2) is 9.98 Å². The van der Waals surface area contributed by atoms with E-state index in [0.29, 0.717) is 0 Å². The number of rotatable bonds is 1. The van der Waals surface area contributed by atoms with Crippen LogP contribution in [0, 0.1) is 0 Å². The van der Waals surface area contributed by atoms with Crippen LogP contribution in [-0.4, -0.2) is 10.7 Å². The summed E-state index contributed by atoms with van der Waals surface area (Å²) in [6.07, 6.45) is 1.91. The molecule has 1 aromatic carbocycles. The molecule has 0 fully saturated rings. The summed E-state index contributed by atoms with van der Waals surface area (Å²) < 4.78 is 0. The van der Waals surface area contributed by atoms with Gasteiger partial charge in [0.2, 0.25) is 0 Å². The molecular weight excluding hydrogens is 220 g/mol. The van der Waals surface area contributed by atoms with Crippen LogP contribution >= 0.6 is 0 Å². The lowest BCUT2D eigenvalue weighted by Crippen LogP contribution is -2.22. The second-order valence-electron chi connectivity index (χ2n) is 5.28. The highest BCUT2D eigenvalue weighted by molar-refractivity contribution is 5.99. The largest absolute Gasteiger partial charge is 0.237 e. The van der Waals surface area contributed by atoms with Gasteiger partial charge in [-0.15, -0.1) is 0 Å². The van der Waals surface area contributed by atoms with Crippen molar-refractivity contribution in [2.75, 3.05) is 0 Å². The molecule has 0 aliphatic carbocycles. The second kappa shape index (κ2) is 3.77. The van der Waals surface area contributed by atoms with E-state index >= 15 is 0 Å². The zero-order valence-corrected chi connectivity index (χ0v) is 10.9. The molecule has 0 radical (unpaired) electrons. The molecule has 1 aromatic heterocycles. The highest BCUT2D eigenvalue weighted by atomic mass is 14.9. The fraction of sp³-hybridized carbons (Fsp3) is 0.250. The SMILES string of the molecule is CC1=Nc2ncc(-c3ccccc3)cc2C1(C)C. The van der Waals surface area contributed by atoms with Crippen LogP contribution in [-0.2, 0) is 5.41 Å². The second-order valence-corrected chi connectivity index (χ2v) is 5.28. The van der Waals surface area contributed by atoms with E-state index < -0.39 is 0 Å². The Bertz CT molecular complexity index is 625. The van der Waals surface area contributed by atoms with Crippen molar-refractivity contribution < 1.29 is 0 Å². The standard InChI is InChI=1S/C16H16N2/c1-11-16(2,3)14-9-13(10-17-15(14)18-11)12-7-5-4-6-8-12/h4-10H,1-3H3. The number of aliphatic imine (C=N–C) groups is 1. The van der Waals surface area contributed by atoms with Crippen molar-refractivity contribution in [2.24, 2.45) is 4.99 Å². The summed E-state index contributed by atoms with van der Waals surface area (Å²) in [5.74, 6) is 0.872. The van der Waals surface area contributed by atoms with Crippen molar-refractivity contribution in [1.82, 2.24) is 4.98 Å². The number of benzene rings is 1. The van der Waals surface area contributed by atoms with Gasteiger partial charge in [-0.2, -0.15) is 0 Å². The Morgan fingerprint density at radius 2 is 1.72 bits per heavy atom. The molecule has 0 N–H and O–H groups in total. The van der Waals surface area contributed by atoms with Crippen LogP contribution < -0.4 is 0 Å². The summed E-state index contributed by atoms with van der Waals surface area (Å²) >= 11 is 0. The molecule has 0 bridgehead atoms. The Hall–Kier alpha value is -1.96. The van der Waals surface area contributed by atoms with Gasteiger partial charge in [-0.3, -0.25) is 0 Å². The van der Waals surface area contributed by atoms with Gasteiger partial charge in [-0.05, 0) is 18.6 Å². The smallest absolute Gasteiger partial charge is 0.155 e. The minimum Gasteiger partial charge on any atom is -0.237 e. The summed E-state index contributed by atoms with van der Waals surface area (Å²) in [6, 6.07) is 12.6. The van der Waals surface area contributed by atoms with Gasteiger partial charge >= 0.3 is 0 Å². The van der Waals surface area contributed by atoms with Crippen molar-refractivity contribution in [3.8, 4) is 11.1 Å². The predicted octanol–water partition coefficient (Wildman–Crippen LogP) is 4.13. The summed E-state index contributed by atoms with van der Waals surface area (Å²) in [7, 11) is 0. The van der Waals surface area contributed by atoms with E-state index in [1.807, 2.05) is 12.3 Å². The third-order valence-electron chi connectivity index (χ3n) is 3.83. The highest BCUT2D eigenvalue weighted by Crippen LogP contribution is 2.40. The normalized spacial score (nSPS) is 16.3. The average Bonchev–Trinajstić information content (AvgIpc) is 2.61. The van der Waals surface area contributed by atoms with Gasteiger partial charge in [0.25, 0.3) is 0 Å². The maximum atomic E-state index is 4.55. The van der Waals surface area contributed by atoms with Crippen molar-refractivity contribution >= 4 is 11.5 Å². The van der Waals surface area contributed by atoms with Gasteiger partial charge in [-0.1, -0.05) is 44.2 Å². The van der Waals surface area contributed by atoms with E-state index in [9.17, 15) is 0 Å². The molecule has 2 heteroatoms. The molecule has 1 aliphatic heterocycles. The van der Waals surface area contributed by atoms with E-state index in [2.05, 4.69) is 61.1 Å². The van der Waals surface area contributed by atoms with Gasteiger partial charge in [0.05, 0.1) is 0 Å². The van der Waals surface area contributed by atoms with Gasteiger partial charge < -0.3 is 0 Å². The maximum absolute atomic E-state index is 4.55. The molecule has 0 unspecified atom stereocenters. The molecule has 2 aromatic rings. The fourth-order valence-electron chi connectivity index (χ4n) is 2.29. The quantitative estimate of drug-likeness (QED) is 0.730. The molecule has 0 saturated heterocycles. The van der Waals surface area contributed by atoms with Gasteiger partial charge in [0.15, 0.2) is 5.82 Å². The number of aromatic nitrogens is 1. The summed E-state index contributed by atoms with van der Waals surface area (Å²) in [6.45, 7) is 6.48. The molecule has 3 rings (SSSR count). The first-order valence-electron chi connectivity index (χ1n) is 6.21. The van der Waals surface area contributed by atoms with Crippen molar-refractivity contribution in [1.29, 1.82) is 0 Å². The van der Waals surface area contributed by atoms with Crippen molar-refractivity contribution in [2.45, 2.75) is 26.2 Å². The summed E-state index contributed by atoms with van der Waals surface area (Å²) in [5, 5.41) is 0. The molecule has 0 atom stereocenters. The molecule has 2 nitrogen and oxygen atoms in total. The third-order valence-corrected chi connectivity index (χ3v) is 3.83. The minimum absolute atomic E-state index is 0.00682. The Morgan fingerprint density at radius 3 is 2.44 bits per heavy atom. The van der Waals surface area contributed by atoms with E-state index in [1.165, 1.54) is 11.1 Å². The van der Waals surface area contributed by atoms with E-state index in [1.54, 1.807) is 0 Å². The minimum atomic E-state index is -0.00682. The number of nitrogens with zero attached hydrogens (tertiary/aromatic N) is 2. The van der Waals surface area contributed by atoms with Crippen LogP contribution in [0.1, 0.15) is 26.3 Å². The van der Waals surface area contributed by atoms with Crippen LogP contribution in [0.15, 0.2) is 47.6 Å². The number of fused-ring (bicyclic) bond motifs is 1. The molecular formula is C16H16N2. The van der Waals surface area contributed by atoms with Gasteiger partial charge in [0, 0.05) is 28.5 Å². The summed E-state index contributed by atoms with van der Waals surface area (Å²) in [4.78, 5) is 9.04. The topological polar surface area (TPSA) is 25.2 Å². The fourth-order valence-corrected chi connectivity index (χ4v) is 2.29. The van der Waals surface area contributed by atoms with Crippen LogP contribution in [0.5, 0.6) is 0 Å². The Labute approximate surface area is 107 Å². The lowest BCUT2D eigenvalue weighted by atomic mass is 9.82. The summed E-state index contributed by atoms with van der Waals surface area (Å²) in [5.41, 5.74) is 4.71. The number of pyridine rings is 1. The Balaban J connectivity index is 2.13. The first kappa shape index (κ1) is 11.1. The molecule has 0 spiro atoms. The Morgan fingerprint density at radius 1 is 1.00 bits per heavy atom. The van der Waals surface area contributed by atoms with Crippen LogP contribution in [0.2, 0.25) is 0 Å². The molecule has 1 aliphatic rings. The first-order valence-corrected chi connectivity index (χ1v) is 6.21. The highest BCUT2D eigenvalue weighted by Gasteiger charge is 2.33. The molecule has 0 saturated carbocycles. The number of hydrogen-bond acceptors (Lipinski definition) is 2. The third kappa shape index (κ3) is 1.57. The Kier molecular flexibility index (Phi) is 2.34. The molecule has 0 amide bonds. The maximum Gasteiger partial charge on any atom is 0.155 e. The van der Waals surface area contributed by atoms with E-state index in [4.69, 9.17) is 0 Å². The molecule has 90 valence electrons. The van der Waals surface area contributed by atoms with Crippen LogP contribution in [0.25, 0.3) is 11.1 Å². The number of hydrogen-bond donors (Lipinski definition) is 0. The average molecular weight is 236 g/mol. The van der Waals surface area contributed by atoms with E-state index in [0.717, 1.165) is 17.1 Å². The zero-order chi connectivity index (χ0) is 12.8. The zero-order valence-electron chi connectivity index (χ0n) is 10.9. The molecule has 2 heterocycles. The molecule has 18 heavy (non-hydrogen) atoms. The monoisotopic (exact) mass is 236 g/mol. The van der Waals surface area contributed by atoms with E-state index in [-0.39, 0.29) is 5.41 Å². The van der Waals surface area contributed by atoms with Crippen LogP contribution in [0.4, 0.5) is 5.82 Å². The van der Waals surface area contributed by atoms with Crippen molar-refractivity contribution in [3.05, 3.63) is 48.2 Å². The lowest BCUT2D eigenvalue weighted by molar-refractivity contribution is 0.731.